The Balaban J connectivity index is 1.48. The van der Waals surface area contributed by atoms with Gasteiger partial charge in [0.15, 0.2) is 0 Å². The highest BCUT2D eigenvalue weighted by Crippen LogP contribution is 2.23. The number of carbonyl (C=O) groups is 1. The minimum Gasteiger partial charge on any atom is -0.493 e. The van der Waals surface area contributed by atoms with Gasteiger partial charge in [0.05, 0.1) is 23.7 Å². The van der Waals surface area contributed by atoms with Gasteiger partial charge in [0, 0.05) is 12.1 Å². The van der Waals surface area contributed by atoms with Gasteiger partial charge in [0.2, 0.25) is 0 Å². The predicted octanol–water partition coefficient (Wildman–Crippen LogP) is 6.03. The third-order valence-corrected chi connectivity index (χ3v) is 5.93. The van der Waals surface area contributed by atoms with Gasteiger partial charge >= 0.3 is 0 Å². The number of nitrogens with zero attached hydrogens (tertiary/aromatic N) is 2. The minimum atomic E-state index is -0.242. The molecule has 1 heterocycles. The fourth-order valence-corrected chi connectivity index (χ4v) is 4.20. The summed E-state index contributed by atoms with van der Waals surface area (Å²) in [6.07, 6.45) is 3.48. The van der Waals surface area contributed by atoms with Crippen molar-refractivity contribution in [3.8, 4) is 5.75 Å². The molecule has 0 bridgehead atoms. The summed E-state index contributed by atoms with van der Waals surface area (Å²) >= 11 is 0. The van der Waals surface area contributed by atoms with Crippen LogP contribution in [0, 0.1) is 6.92 Å². The number of carbonyl (C=O) groups excluding carboxylic acids is 1. The summed E-state index contributed by atoms with van der Waals surface area (Å²) in [5.74, 6) is 1.65. The fraction of sp³-hybridized carbons (Fsp3) is 0.241. The molecule has 4 rings (SSSR count). The van der Waals surface area contributed by atoms with Crippen LogP contribution in [-0.4, -0.2) is 22.1 Å². The van der Waals surface area contributed by atoms with Crippen molar-refractivity contribution in [2.24, 2.45) is 0 Å². The third-order valence-electron chi connectivity index (χ3n) is 5.93. The Bertz CT molecular complexity index is 1290. The molecule has 4 aromatic rings. The van der Waals surface area contributed by atoms with Crippen LogP contribution in [0.15, 0.2) is 85.5 Å². The van der Waals surface area contributed by atoms with Crippen molar-refractivity contribution < 1.29 is 9.53 Å². The first-order valence-electron chi connectivity index (χ1n) is 11.7. The van der Waals surface area contributed by atoms with Gasteiger partial charge in [-0.15, -0.1) is 6.58 Å². The van der Waals surface area contributed by atoms with Gasteiger partial charge in [-0.05, 0) is 62.1 Å². The molecule has 1 N–H and O–H groups in total. The number of amides is 1. The van der Waals surface area contributed by atoms with Crippen LogP contribution >= 0.6 is 0 Å². The molecule has 0 aliphatic carbocycles. The van der Waals surface area contributed by atoms with Crippen molar-refractivity contribution in [2.45, 2.75) is 39.3 Å². The zero-order valence-electron chi connectivity index (χ0n) is 19.8. The van der Waals surface area contributed by atoms with E-state index in [1.54, 1.807) is 0 Å². The van der Waals surface area contributed by atoms with Crippen LogP contribution in [-0.2, 0) is 13.0 Å². The summed E-state index contributed by atoms with van der Waals surface area (Å²) in [5.41, 5.74) is 4.75. The lowest BCUT2D eigenvalue weighted by atomic mass is 10.1. The van der Waals surface area contributed by atoms with Gasteiger partial charge in [-0.25, -0.2) is 4.98 Å². The molecule has 0 aliphatic rings. The monoisotopic (exact) mass is 453 g/mol. The normalized spacial score (nSPS) is 11.8. The quantitative estimate of drug-likeness (QED) is 0.235. The van der Waals surface area contributed by atoms with E-state index in [1.807, 2.05) is 80.6 Å². The number of fused-ring (bicyclic) bond motifs is 1. The zero-order valence-corrected chi connectivity index (χ0v) is 19.8. The molecule has 1 atom stereocenters. The first kappa shape index (κ1) is 23.3. The molecule has 1 amide bonds. The summed E-state index contributed by atoms with van der Waals surface area (Å²) in [5, 5.41) is 3.13. The van der Waals surface area contributed by atoms with Gasteiger partial charge < -0.3 is 14.6 Å². The highest BCUT2D eigenvalue weighted by atomic mass is 16.5. The second-order valence-corrected chi connectivity index (χ2v) is 8.42. The molecular formula is C29H31N3O2. The first-order valence-corrected chi connectivity index (χ1v) is 11.7. The van der Waals surface area contributed by atoms with Crippen molar-refractivity contribution >= 4 is 16.9 Å². The van der Waals surface area contributed by atoms with Gasteiger partial charge in [-0.2, -0.15) is 0 Å². The van der Waals surface area contributed by atoms with Crippen LogP contribution in [0.1, 0.15) is 46.7 Å². The second-order valence-electron chi connectivity index (χ2n) is 8.42. The van der Waals surface area contributed by atoms with Crippen LogP contribution in [0.5, 0.6) is 5.75 Å². The highest BCUT2D eigenvalue weighted by Gasteiger charge is 2.19. The van der Waals surface area contributed by atoms with E-state index in [0.29, 0.717) is 12.2 Å². The summed E-state index contributed by atoms with van der Waals surface area (Å²) in [6, 6.07) is 23.5. The topological polar surface area (TPSA) is 56.1 Å². The molecule has 1 unspecified atom stereocenters. The number of benzene rings is 3. The Hall–Kier alpha value is -3.86. The fourth-order valence-electron chi connectivity index (χ4n) is 4.20. The third kappa shape index (κ3) is 5.20. The lowest BCUT2D eigenvalue weighted by molar-refractivity contribution is 0.0937. The maximum Gasteiger partial charge on any atom is 0.252 e. The molecule has 34 heavy (non-hydrogen) atoms. The predicted molar refractivity (Wildman–Crippen MR) is 137 cm³/mol. The molecule has 1 aromatic heterocycles. The maximum atomic E-state index is 12.9. The Kier molecular flexibility index (Phi) is 7.43. The number of allylic oxidation sites excluding steroid dienone is 1. The van der Waals surface area contributed by atoms with E-state index in [4.69, 9.17) is 9.72 Å². The first-order chi connectivity index (χ1) is 16.6. The van der Waals surface area contributed by atoms with Crippen LogP contribution in [0.25, 0.3) is 11.0 Å². The molecule has 5 heteroatoms. The zero-order chi connectivity index (χ0) is 23.9. The molecule has 3 aromatic carbocycles. The number of nitrogens with one attached hydrogen (secondary N) is 1. The summed E-state index contributed by atoms with van der Waals surface area (Å²) in [4.78, 5) is 17.8. The minimum absolute atomic E-state index is 0.0913. The second kappa shape index (κ2) is 10.8. The number of para-hydroxylation sites is 3. The van der Waals surface area contributed by atoms with E-state index < -0.39 is 0 Å². The average Bonchev–Trinajstić information content (AvgIpc) is 3.22. The van der Waals surface area contributed by atoms with Crippen LogP contribution in [0.4, 0.5) is 0 Å². The van der Waals surface area contributed by atoms with E-state index in [9.17, 15) is 4.79 Å². The number of hydrogen-bond acceptors (Lipinski definition) is 3. The maximum absolute atomic E-state index is 12.9. The molecule has 0 spiro atoms. The van der Waals surface area contributed by atoms with E-state index in [0.717, 1.165) is 53.1 Å². The Morgan fingerprint density at radius 3 is 2.65 bits per heavy atom. The number of imidazole rings is 1. The molecule has 5 nitrogen and oxygen atoms in total. The van der Waals surface area contributed by atoms with Crippen molar-refractivity contribution in [1.82, 2.24) is 14.9 Å². The molecule has 0 saturated heterocycles. The highest BCUT2D eigenvalue weighted by molar-refractivity contribution is 5.95. The summed E-state index contributed by atoms with van der Waals surface area (Å²) in [7, 11) is 0. The van der Waals surface area contributed by atoms with E-state index in [1.165, 1.54) is 0 Å². The number of aryl methyl sites for hydroxylation is 2. The SMILES string of the molecule is C=CCc1ccccc1OCCCn1c(C(C)NC(=O)c2ccccc2C)nc2ccccc21. The summed E-state index contributed by atoms with van der Waals surface area (Å²) < 4.78 is 8.28. The van der Waals surface area contributed by atoms with Gasteiger partial charge in [0.25, 0.3) is 5.91 Å². The van der Waals surface area contributed by atoms with Gasteiger partial charge in [-0.1, -0.05) is 54.6 Å². The molecular weight excluding hydrogens is 422 g/mol. The molecule has 174 valence electrons. The molecule has 0 saturated carbocycles. The lowest BCUT2D eigenvalue weighted by Gasteiger charge is -2.17. The number of rotatable bonds is 10. The van der Waals surface area contributed by atoms with Crippen LogP contribution in [0.3, 0.4) is 0 Å². The molecule has 0 aliphatic heterocycles. The summed E-state index contributed by atoms with van der Waals surface area (Å²) in [6.45, 7) is 9.09. The van der Waals surface area contributed by atoms with Gasteiger partial charge in [0.1, 0.15) is 11.6 Å². The average molecular weight is 454 g/mol. The van der Waals surface area contributed by atoms with E-state index in [-0.39, 0.29) is 11.9 Å². The van der Waals surface area contributed by atoms with Crippen molar-refractivity contribution in [3.05, 3.63) is 108 Å². The van der Waals surface area contributed by atoms with Crippen molar-refractivity contribution in [3.63, 3.8) is 0 Å². The lowest BCUT2D eigenvalue weighted by Crippen LogP contribution is -2.29. The van der Waals surface area contributed by atoms with Crippen molar-refractivity contribution in [1.29, 1.82) is 0 Å². The number of hydrogen-bond donors (Lipinski definition) is 1. The Morgan fingerprint density at radius 2 is 1.82 bits per heavy atom. The largest absolute Gasteiger partial charge is 0.493 e. The smallest absolute Gasteiger partial charge is 0.252 e. The molecule has 0 fully saturated rings. The van der Waals surface area contributed by atoms with E-state index in [2.05, 4.69) is 28.6 Å². The Morgan fingerprint density at radius 1 is 1.09 bits per heavy atom. The number of aromatic nitrogens is 2. The van der Waals surface area contributed by atoms with E-state index >= 15 is 0 Å². The van der Waals surface area contributed by atoms with Gasteiger partial charge in [-0.3, -0.25) is 4.79 Å². The van der Waals surface area contributed by atoms with Crippen molar-refractivity contribution in [2.75, 3.05) is 6.61 Å². The Labute approximate surface area is 201 Å². The number of ether oxygens (including phenoxy) is 1. The standard InChI is InChI=1S/C29H31N3O2/c1-4-12-23-14-6-10-18-27(23)34-20-11-19-32-26-17-9-8-16-25(26)31-28(32)22(3)30-29(33)24-15-7-5-13-21(24)2/h4-10,13-18,22H,1,11-12,19-20H2,2-3H3,(H,30,33). The van der Waals surface area contributed by atoms with Crippen LogP contribution < -0.4 is 10.1 Å². The molecule has 0 radical (unpaired) electrons. The van der Waals surface area contributed by atoms with Crippen LogP contribution in [0.2, 0.25) is 0 Å².